The number of nitrogens with zero attached hydrogens (tertiary/aromatic N) is 1. The number of imidazole rings is 1. The molecule has 0 spiro atoms. The van der Waals surface area contributed by atoms with Crippen LogP contribution in [0.15, 0.2) is 71.5 Å². The number of nitrogens with one attached hydrogen (secondary N) is 3. The summed E-state index contributed by atoms with van der Waals surface area (Å²) in [6, 6.07) is 22.3. The van der Waals surface area contributed by atoms with Crippen LogP contribution >= 0.6 is 0 Å². The third kappa shape index (κ3) is 3.97. The molecule has 0 fully saturated rings. The van der Waals surface area contributed by atoms with E-state index < -0.39 is 0 Å². The molecule has 2 heterocycles. The van der Waals surface area contributed by atoms with Crippen molar-refractivity contribution >= 4 is 34.0 Å². The lowest BCUT2D eigenvalue weighted by Gasteiger charge is -2.23. The quantitative estimate of drug-likeness (QED) is 0.436. The maximum atomic E-state index is 12.6. The fraction of sp³-hybridized carbons (Fsp3) is 0.200. The molecule has 3 aromatic carbocycles. The number of para-hydroxylation sites is 3. The van der Waals surface area contributed by atoms with E-state index in [4.69, 9.17) is 0 Å². The molecule has 0 unspecified atom stereocenters. The van der Waals surface area contributed by atoms with Crippen LogP contribution in [0.3, 0.4) is 0 Å². The summed E-state index contributed by atoms with van der Waals surface area (Å²) in [5, 5.41) is 3.10. The van der Waals surface area contributed by atoms with Crippen LogP contribution in [-0.4, -0.2) is 22.4 Å². The Bertz CT molecular complexity index is 1300. The van der Waals surface area contributed by atoms with E-state index in [0.717, 1.165) is 53.8 Å². The predicted octanol–water partition coefficient (Wildman–Crippen LogP) is 4.51. The van der Waals surface area contributed by atoms with Gasteiger partial charge in [-0.3, -0.25) is 4.79 Å². The first-order valence-corrected chi connectivity index (χ1v) is 10.6. The number of amides is 1. The number of aromatic nitrogens is 2. The average molecular weight is 412 g/mol. The Morgan fingerprint density at radius 1 is 0.935 bits per heavy atom. The van der Waals surface area contributed by atoms with Gasteiger partial charge in [0.25, 0.3) is 0 Å². The summed E-state index contributed by atoms with van der Waals surface area (Å²) in [6.45, 7) is 0.913. The van der Waals surface area contributed by atoms with Gasteiger partial charge >= 0.3 is 5.69 Å². The fourth-order valence-electron chi connectivity index (χ4n) is 4.30. The summed E-state index contributed by atoms with van der Waals surface area (Å²) in [5.74, 6) is 0.0102. The van der Waals surface area contributed by atoms with E-state index in [-0.39, 0.29) is 11.6 Å². The number of H-pyrrole nitrogens is 2. The maximum absolute atomic E-state index is 12.6. The number of anilines is 3. The molecule has 0 saturated heterocycles. The molecule has 4 aromatic rings. The van der Waals surface area contributed by atoms with Crippen molar-refractivity contribution in [1.82, 2.24) is 9.97 Å². The zero-order valence-electron chi connectivity index (χ0n) is 17.2. The highest BCUT2D eigenvalue weighted by molar-refractivity contribution is 5.95. The van der Waals surface area contributed by atoms with E-state index in [0.29, 0.717) is 6.42 Å². The maximum Gasteiger partial charge on any atom is 0.323 e. The topological polar surface area (TPSA) is 81.0 Å². The summed E-state index contributed by atoms with van der Waals surface area (Å²) in [4.78, 5) is 31.8. The van der Waals surface area contributed by atoms with E-state index in [1.165, 1.54) is 11.3 Å². The van der Waals surface area contributed by atoms with E-state index in [9.17, 15) is 9.59 Å². The van der Waals surface area contributed by atoms with Gasteiger partial charge in [-0.1, -0.05) is 36.4 Å². The number of aryl methyl sites for hydroxylation is 1. The third-order valence-corrected chi connectivity index (χ3v) is 5.81. The van der Waals surface area contributed by atoms with Crippen LogP contribution in [0, 0.1) is 0 Å². The van der Waals surface area contributed by atoms with Gasteiger partial charge in [0.05, 0.1) is 22.4 Å². The minimum Gasteiger partial charge on any atom is -0.339 e. The summed E-state index contributed by atoms with van der Waals surface area (Å²) in [6.07, 6.45) is 2.96. The number of rotatable bonds is 6. The molecule has 1 aliphatic rings. The third-order valence-electron chi connectivity index (χ3n) is 5.81. The Morgan fingerprint density at radius 3 is 2.61 bits per heavy atom. The van der Waals surface area contributed by atoms with Crippen LogP contribution in [0.1, 0.15) is 24.0 Å². The molecule has 1 amide bonds. The molecule has 0 aliphatic carbocycles. The lowest BCUT2D eigenvalue weighted by atomic mass is 10.1. The molecule has 5 rings (SSSR count). The average Bonchev–Trinajstić information content (AvgIpc) is 3.36. The van der Waals surface area contributed by atoms with Gasteiger partial charge in [-0.05, 0) is 60.7 Å². The number of hydrogen-bond donors (Lipinski definition) is 3. The molecule has 0 radical (unpaired) electrons. The molecule has 1 aromatic heterocycles. The molecule has 31 heavy (non-hydrogen) atoms. The van der Waals surface area contributed by atoms with E-state index in [1.807, 2.05) is 36.4 Å². The van der Waals surface area contributed by atoms with Crippen LogP contribution < -0.4 is 15.9 Å². The number of carbonyl (C=O) groups excluding carboxylic acids is 1. The van der Waals surface area contributed by atoms with Crippen molar-refractivity contribution in [2.24, 2.45) is 0 Å². The highest BCUT2D eigenvalue weighted by atomic mass is 16.1. The highest BCUT2D eigenvalue weighted by Gasteiger charge is 2.22. The highest BCUT2D eigenvalue weighted by Crippen LogP contribution is 2.38. The Labute approximate surface area is 179 Å². The molecule has 3 N–H and O–H groups in total. The largest absolute Gasteiger partial charge is 0.339 e. The van der Waals surface area contributed by atoms with Crippen LogP contribution in [0.2, 0.25) is 0 Å². The van der Waals surface area contributed by atoms with Crippen LogP contribution in [0.4, 0.5) is 17.1 Å². The Morgan fingerprint density at radius 2 is 1.71 bits per heavy atom. The molecule has 6 nitrogen and oxygen atoms in total. The molecule has 1 aliphatic heterocycles. The number of aromatic amines is 2. The monoisotopic (exact) mass is 412 g/mol. The van der Waals surface area contributed by atoms with Gasteiger partial charge in [0.1, 0.15) is 0 Å². The fourth-order valence-corrected chi connectivity index (χ4v) is 4.30. The SMILES string of the molecule is O=C(CCCc1ccc2[nH]c(=O)[nH]c2c1)Nc1ccccc1N1CCc2ccccc21. The van der Waals surface area contributed by atoms with Crippen molar-refractivity contribution in [1.29, 1.82) is 0 Å². The molecule has 0 atom stereocenters. The van der Waals surface area contributed by atoms with Crippen molar-refractivity contribution in [2.45, 2.75) is 25.7 Å². The standard InChI is InChI=1S/C25H24N4O2/c30-24(11-5-6-17-12-13-19-21(16-17)28-25(31)27-19)26-20-8-2-4-10-23(20)29-15-14-18-7-1-3-9-22(18)29/h1-4,7-10,12-13,16H,5-6,11,14-15H2,(H,26,30)(H2,27,28,31). The number of hydrogen-bond acceptors (Lipinski definition) is 3. The van der Waals surface area contributed by atoms with Gasteiger partial charge < -0.3 is 20.2 Å². The Kier molecular flexibility index (Phi) is 5.04. The van der Waals surface area contributed by atoms with Gasteiger partial charge in [-0.25, -0.2) is 4.79 Å². The summed E-state index contributed by atoms with van der Waals surface area (Å²) in [5.41, 5.74) is 6.92. The zero-order chi connectivity index (χ0) is 21.2. The second-order valence-electron chi connectivity index (χ2n) is 7.91. The molecule has 0 bridgehead atoms. The number of fused-ring (bicyclic) bond motifs is 2. The predicted molar refractivity (Wildman–Crippen MR) is 124 cm³/mol. The molecule has 0 saturated carbocycles. The lowest BCUT2D eigenvalue weighted by Crippen LogP contribution is -2.18. The van der Waals surface area contributed by atoms with Gasteiger partial charge in [-0.15, -0.1) is 0 Å². The Hall–Kier alpha value is -3.80. The molecule has 6 heteroatoms. The first-order chi connectivity index (χ1) is 15.2. The number of benzene rings is 3. The van der Waals surface area contributed by atoms with Gasteiger partial charge in [0.2, 0.25) is 5.91 Å². The summed E-state index contributed by atoms with van der Waals surface area (Å²) < 4.78 is 0. The minimum atomic E-state index is -0.203. The van der Waals surface area contributed by atoms with Crippen LogP contribution in [0.25, 0.3) is 11.0 Å². The molecular formula is C25H24N4O2. The first kappa shape index (κ1) is 19.2. The van der Waals surface area contributed by atoms with Gasteiger partial charge in [0, 0.05) is 18.7 Å². The van der Waals surface area contributed by atoms with Crippen LogP contribution in [0.5, 0.6) is 0 Å². The molecule has 156 valence electrons. The van der Waals surface area contributed by atoms with Gasteiger partial charge in [0.15, 0.2) is 0 Å². The van der Waals surface area contributed by atoms with E-state index in [2.05, 4.69) is 50.5 Å². The van der Waals surface area contributed by atoms with Gasteiger partial charge in [-0.2, -0.15) is 0 Å². The summed E-state index contributed by atoms with van der Waals surface area (Å²) >= 11 is 0. The van der Waals surface area contributed by atoms with E-state index in [1.54, 1.807) is 0 Å². The first-order valence-electron chi connectivity index (χ1n) is 10.6. The lowest BCUT2D eigenvalue weighted by molar-refractivity contribution is -0.116. The Balaban J connectivity index is 1.23. The van der Waals surface area contributed by atoms with Crippen molar-refractivity contribution < 1.29 is 4.79 Å². The van der Waals surface area contributed by atoms with Crippen molar-refractivity contribution in [3.05, 3.63) is 88.3 Å². The van der Waals surface area contributed by atoms with Crippen LogP contribution in [-0.2, 0) is 17.6 Å². The second kappa shape index (κ2) is 8.14. The van der Waals surface area contributed by atoms with E-state index >= 15 is 0 Å². The number of carbonyl (C=O) groups is 1. The smallest absolute Gasteiger partial charge is 0.323 e. The normalized spacial score (nSPS) is 12.8. The molecular weight excluding hydrogens is 388 g/mol. The minimum absolute atomic E-state index is 0.0102. The van der Waals surface area contributed by atoms with Crippen molar-refractivity contribution in [3.63, 3.8) is 0 Å². The second-order valence-corrected chi connectivity index (χ2v) is 7.91. The summed E-state index contributed by atoms with van der Waals surface area (Å²) in [7, 11) is 0. The van der Waals surface area contributed by atoms with Crippen molar-refractivity contribution in [3.8, 4) is 0 Å². The zero-order valence-corrected chi connectivity index (χ0v) is 17.2. The van der Waals surface area contributed by atoms with Crippen molar-refractivity contribution in [2.75, 3.05) is 16.8 Å².